The molecule has 8 heteroatoms. The van der Waals surface area contributed by atoms with E-state index in [1.165, 1.54) is 42.5 Å². The molecular formula is C21H27ClN2O4S. The van der Waals surface area contributed by atoms with Gasteiger partial charge in [0.15, 0.2) is 0 Å². The Morgan fingerprint density at radius 2 is 1.72 bits per heavy atom. The Bertz CT molecular complexity index is 878. The molecule has 5 aliphatic rings. The smallest absolute Gasteiger partial charge is 0.245 e. The number of hydrogen-bond donors (Lipinski definition) is 1. The van der Waals surface area contributed by atoms with Crippen LogP contribution in [0.5, 0.6) is 0 Å². The van der Waals surface area contributed by atoms with Crippen molar-refractivity contribution in [2.45, 2.75) is 49.1 Å². The molecule has 0 aromatic heterocycles. The average Bonchev–Trinajstić information content (AvgIpc) is 2.70. The van der Waals surface area contributed by atoms with Crippen LogP contribution in [-0.4, -0.2) is 50.5 Å². The number of sulfonamides is 1. The van der Waals surface area contributed by atoms with Gasteiger partial charge < -0.3 is 10.1 Å². The van der Waals surface area contributed by atoms with Crippen LogP contribution >= 0.6 is 11.6 Å². The Kier molecular flexibility index (Phi) is 5.13. The number of rotatable bonds is 4. The summed E-state index contributed by atoms with van der Waals surface area (Å²) in [6, 6.07) is 5.68. The van der Waals surface area contributed by atoms with Gasteiger partial charge in [-0.05, 0) is 67.9 Å². The van der Waals surface area contributed by atoms with Crippen LogP contribution in [0.1, 0.15) is 32.1 Å². The fourth-order valence-electron chi connectivity index (χ4n) is 6.28. The van der Waals surface area contributed by atoms with Crippen LogP contribution in [0.25, 0.3) is 0 Å². The van der Waals surface area contributed by atoms with Crippen LogP contribution in [-0.2, 0) is 19.6 Å². The van der Waals surface area contributed by atoms with E-state index < -0.39 is 16.1 Å². The zero-order valence-corrected chi connectivity index (χ0v) is 17.9. The standard InChI is InChI=1S/C21H27ClN2O4S/c22-17-3-1-2-4-19(17)29(26,27)24-5-6-28-12-18(24)21(25)23-20-15-8-13-7-14(10-15)11-16(20)9-13/h1-4,13-16,18,20H,5-12H2,(H,23,25). The van der Waals surface area contributed by atoms with Gasteiger partial charge in [-0.2, -0.15) is 4.31 Å². The number of halogens is 1. The van der Waals surface area contributed by atoms with E-state index in [0.717, 1.165) is 11.8 Å². The predicted octanol–water partition coefficient (Wildman–Crippen LogP) is 2.67. The van der Waals surface area contributed by atoms with Crippen LogP contribution in [0.3, 0.4) is 0 Å². The van der Waals surface area contributed by atoms with E-state index in [1.54, 1.807) is 18.2 Å². The Balaban J connectivity index is 1.36. The first kappa shape index (κ1) is 19.8. The van der Waals surface area contributed by atoms with Gasteiger partial charge in [0.25, 0.3) is 0 Å². The Morgan fingerprint density at radius 3 is 2.38 bits per heavy atom. The molecule has 4 bridgehead atoms. The third-order valence-electron chi connectivity index (χ3n) is 7.34. The van der Waals surface area contributed by atoms with E-state index in [9.17, 15) is 13.2 Å². The molecule has 4 aliphatic carbocycles. The highest BCUT2D eigenvalue weighted by molar-refractivity contribution is 7.89. The number of carbonyl (C=O) groups is 1. The van der Waals surface area contributed by atoms with E-state index in [4.69, 9.17) is 16.3 Å². The van der Waals surface area contributed by atoms with Crippen molar-refractivity contribution in [3.8, 4) is 0 Å². The summed E-state index contributed by atoms with van der Waals surface area (Å²) >= 11 is 6.16. The third kappa shape index (κ3) is 3.50. The molecule has 1 saturated heterocycles. The molecule has 29 heavy (non-hydrogen) atoms. The van der Waals surface area contributed by atoms with Gasteiger partial charge in [0.05, 0.1) is 18.2 Å². The normalized spacial score (nSPS) is 36.9. The van der Waals surface area contributed by atoms with Gasteiger partial charge >= 0.3 is 0 Å². The molecule has 6 rings (SSSR count). The highest BCUT2D eigenvalue weighted by atomic mass is 35.5. The highest BCUT2D eigenvalue weighted by Gasteiger charge is 2.49. The van der Waals surface area contributed by atoms with E-state index in [2.05, 4.69) is 5.32 Å². The highest BCUT2D eigenvalue weighted by Crippen LogP contribution is 2.53. The zero-order valence-electron chi connectivity index (χ0n) is 16.3. The first-order valence-electron chi connectivity index (χ1n) is 10.6. The number of hydrogen-bond acceptors (Lipinski definition) is 4. The monoisotopic (exact) mass is 438 g/mol. The van der Waals surface area contributed by atoms with Crippen molar-refractivity contribution < 1.29 is 17.9 Å². The van der Waals surface area contributed by atoms with Crippen molar-refractivity contribution in [1.82, 2.24) is 9.62 Å². The summed E-state index contributed by atoms with van der Waals surface area (Å²) in [5.74, 6) is 2.47. The number of ether oxygens (including phenoxy) is 1. The molecule has 0 radical (unpaired) electrons. The molecule has 1 aromatic carbocycles. The number of nitrogens with one attached hydrogen (secondary N) is 1. The van der Waals surface area contributed by atoms with Gasteiger partial charge in [-0.1, -0.05) is 23.7 Å². The molecule has 1 heterocycles. The van der Waals surface area contributed by atoms with Crippen molar-refractivity contribution in [3.63, 3.8) is 0 Å². The molecule has 0 spiro atoms. The number of carbonyl (C=O) groups excluding carboxylic acids is 1. The lowest BCUT2D eigenvalue weighted by molar-refractivity contribution is -0.133. The molecule has 5 fully saturated rings. The number of morpholine rings is 1. The first-order chi connectivity index (χ1) is 13.9. The summed E-state index contributed by atoms with van der Waals surface area (Å²) in [6.07, 6.45) is 6.14. The summed E-state index contributed by atoms with van der Waals surface area (Å²) in [4.78, 5) is 13.3. The van der Waals surface area contributed by atoms with Gasteiger partial charge in [0.1, 0.15) is 10.9 Å². The molecular weight excluding hydrogens is 412 g/mol. The van der Waals surface area contributed by atoms with Crippen molar-refractivity contribution >= 4 is 27.5 Å². The number of benzene rings is 1. The molecule has 1 aliphatic heterocycles. The van der Waals surface area contributed by atoms with Gasteiger partial charge in [0, 0.05) is 12.6 Å². The number of amides is 1. The minimum Gasteiger partial charge on any atom is -0.378 e. The summed E-state index contributed by atoms with van der Waals surface area (Å²) in [5, 5.41) is 3.41. The van der Waals surface area contributed by atoms with Crippen LogP contribution in [0, 0.1) is 23.7 Å². The molecule has 158 valence electrons. The Morgan fingerprint density at radius 1 is 1.07 bits per heavy atom. The second-order valence-corrected chi connectivity index (χ2v) is 11.4. The van der Waals surface area contributed by atoms with Gasteiger partial charge in [0.2, 0.25) is 15.9 Å². The van der Waals surface area contributed by atoms with Crippen LogP contribution < -0.4 is 5.32 Å². The third-order valence-corrected chi connectivity index (χ3v) is 9.75. The Labute approximate surface area is 177 Å². The van der Waals surface area contributed by atoms with Crippen molar-refractivity contribution in [3.05, 3.63) is 29.3 Å². The zero-order chi connectivity index (χ0) is 20.2. The lowest BCUT2D eigenvalue weighted by atomic mass is 9.54. The van der Waals surface area contributed by atoms with E-state index >= 15 is 0 Å². The van der Waals surface area contributed by atoms with Crippen molar-refractivity contribution in [2.75, 3.05) is 19.8 Å². The largest absolute Gasteiger partial charge is 0.378 e. The van der Waals surface area contributed by atoms with E-state index in [0.29, 0.717) is 11.8 Å². The van der Waals surface area contributed by atoms with Gasteiger partial charge in [-0.3, -0.25) is 4.79 Å². The van der Waals surface area contributed by atoms with Crippen LogP contribution in [0.2, 0.25) is 5.02 Å². The molecule has 1 N–H and O–H groups in total. The van der Waals surface area contributed by atoms with Crippen molar-refractivity contribution in [2.24, 2.45) is 23.7 Å². The SMILES string of the molecule is O=C(NC1C2CC3CC(C2)CC1C3)C1COCCN1S(=O)(=O)c1ccccc1Cl. The second-order valence-electron chi connectivity index (χ2n) is 9.10. The lowest BCUT2D eigenvalue weighted by Crippen LogP contribution is -2.61. The molecule has 6 nitrogen and oxygen atoms in total. The fraction of sp³-hybridized carbons (Fsp3) is 0.667. The Hall–Kier alpha value is -1.15. The van der Waals surface area contributed by atoms with Gasteiger partial charge in [-0.15, -0.1) is 0 Å². The second kappa shape index (κ2) is 7.52. The topological polar surface area (TPSA) is 75.7 Å². The van der Waals surface area contributed by atoms with E-state index in [-0.39, 0.29) is 41.6 Å². The number of nitrogens with zero attached hydrogens (tertiary/aromatic N) is 1. The predicted molar refractivity (Wildman–Crippen MR) is 109 cm³/mol. The van der Waals surface area contributed by atoms with Crippen LogP contribution in [0.4, 0.5) is 0 Å². The minimum absolute atomic E-state index is 0.0380. The maximum atomic E-state index is 13.3. The quantitative estimate of drug-likeness (QED) is 0.784. The van der Waals surface area contributed by atoms with Crippen molar-refractivity contribution in [1.29, 1.82) is 0 Å². The molecule has 1 atom stereocenters. The molecule has 1 aromatic rings. The summed E-state index contributed by atoms with van der Waals surface area (Å²) < 4.78 is 33.3. The van der Waals surface area contributed by atoms with Crippen LogP contribution in [0.15, 0.2) is 29.2 Å². The van der Waals surface area contributed by atoms with Gasteiger partial charge in [-0.25, -0.2) is 8.42 Å². The molecule has 1 unspecified atom stereocenters. The lowest BCUT2D eigenvalue weighted by Gasteiger charge is -2.54. The first-order valence-corrected chi connectivity index (χ1v) is 12.4. The summed E-state index contributed by atoms with van der Waals surface area (Å²) in [6.45, 7) is 0.488. The fourth-order valence-corrected chi connectivity index (χ4v) is 8.34. The van der Waals surface area contributed by atoms with E-state index in [1.807, 2.05) is 0 Å². The molecule has 4 saturated carbocycles. The summed E-state index contributed by atoms with van der Waals surface area (Å²) in [5.41, 5.74) is 0. The minimum atomic E-state index is -3.89. The maximum Gasteiger partial charge on any atom is 0.245 e. The molecule has 1 amide bonds. The summed E-state index contributed by atoms with van der Waals surface area (Å²) in [7, 11) is -3.89. The average molecular weight is 439 g/mol. The maximum absolute atomic E-state index is 13.3.